The fourth-order valence-electron chi connectivity index (χ4n) is 2.78. The number of ether oxygens (including phenoxy) is 1. The fourth-order valence-corrected chi connectivity index (χ4v) is 2.78. The molecule has 5 nitrogen and oxygen atoms in total. The van der Waals surface area contributed by atoms with E-state index in [0.717, 1.165) is 5.56 Å². The number of carboxylic acids is 1. The Kier molecular flexibility index (Phi) is 5.06. The van der Waals surface area contributed by atoms with E-state index in [1.54, 1.807) is 4.90 Å². The second kappa shape index (κ2) is 6.81. The predicted octanol–water partition coefficient (Wildman–Crippen LogP) is 2.25. The van der Waals surface area contributed by atoms with Crippen LogP contribution >= 0.6 is 0 Å². The lowest BCUT2D eigenvalue weighted by atomic mass is 9.87. The SMILES string of the molecule is Cc1ccc(OCC(=O)N2CCC(C(=O)O)C(C)C2)cc1C. The van der Waals surface area contributed by atoms with Crippen LogP contribution in [0, 0.1) is 25.7 Å². The number of aryl methyl sites for hydroxylation is 2. The summed E-state index contributed by atoms with van der Waals surface area (Å²) in [5.74, 6) is -0.564. The van der Waals surface area contributed by atoms with E-state index in [2.05, 4.69) is 0 Å². The van der Waals surface area contributed by atoms with E-state index >= 15 is 0 Å². The molecule has 0 spiro atoms. The van der Waals surface area contributed by atoms with Crippen molar-refractivity contribution in [3.8, 4) is 5.75 Å². The first-order valence-corrected chi connectivity index (χ1v) is 7.59. The number of piperidine rings is 1. The van der Waals surface area contributed by atoms with Gasteiger partial charge in [-0.3, -0.25) is 9.59 Å². The monoisotopic (exact) mass is 305 g/mol. The highest BCUT2D eigenvalue weighted by molar-refractivity contribution is 5.78. The smallest absolute Gasteiger partial charge is 0.306 e. The summed E-state index contributed by atoms with van der Waals surface area (Å²) in [5.41, 5.74) is 2.31. The Balaban J connectivity index is 1.88. The number of carbonyl (C=O) groups is 2. The summed E-state index contributed by atoms with van der Waals surface area (Å²) in [4.78, 5) is 25.0. The standard InChI is InChI=1S/C17H23NO4/c1-11-4-5-14(8-12(11)2)22-10-16(19)18-7-6-15(17(20)21)13(3)9-18/h4-5,8,13,15H,6-7,9-10H2,1-3H3,(H,20,21). The Morgan fingerprint density at radius 1 is 1.32 bits per heavy atom. The fraction of sp³-hybridized carbons (Fsp3) is 0.529. The molecule has 1 saturated heterocycles. The summed E-state index contributed by atoms with van der Waals surface area (Å²) in [5, 5.41) is 9.11. The number of rotatable bonds is 4. The van der Waals surface area contributed by atoms with E-state index in [-0.39, 0.29) is 24.3 Å². The van der Waals surface area contributed by atoms with Gasteiger partial charge in [-0.15, -0.1) is 0 Å². The number of nitrogens with zero attached hydrogens (tertiary/aromatic N) is 1. The van der Waals surface area contributed by atoms with Crippen molar-refractivity contribution >= 4 is 11.9 Å². The highest BCUT2D eigenvalue weighted by Gasteiger charge is 2.32. The molecule has 0 bridgehead atoms. The number of carboxylic acid groups (broad SMARTS) is 1. The van der Waals surface area contributed by atoms with Gasteiger partial charge in [0.2, 0.25) is 0 Å². The van der Waals surface area contributed by atoms with Crippen LogP contribution in [0.4, 0.5) is 0 Å². The van der Waals surface area contributed by atoms with Crippen LogP contribution < -0.4 is 4.74 Å². The molecule has 22 heavy (non-hydrogen) atoms. The predicted molar refractivity (Wildman–Crippen MR) is 82.9 cm³/mol. The Labute approximate surface area is 130 Å². The molecule has 120 valence electrons. The molecule has 2 atom stereocenters. The molecular weight excluding hydrogens is 282 g/mol. The van der Waals surface area contributed by atoms with Crippen molar-refractivity contribution < 1.29 is 19.4 Å². The number of amides is 1. The molecule has 2 unspecified atom stereocenters. The molecule has 1 fully saturated rings. The van der Waals surface area contributed by atoms with Crippen molar-refractivity contribution in [2.45, 2.75) is 27.2 Å². The summed E-state index contributed by atoms with van der Waals surface area (Å²) in [7, 11) is 0. The molecule has 1 amide bonds. The van der Waals surface area contributed by atoms with Gasteiger partial charge in [-0.25, -0.2) is 0 Å². The van der Waals surface area contributed by atoms with Crippen LogP contribution in [-0.4, -0.2) is 41.6 Å². The van der Waals surface area contributed by atoms with Gasteiger partial charge in [-0.05, 0) is 49.4 Å². The van der Waals surface area contributed by atoms with Gasteiger partial charge in [0.1, 0.15) is 5.75 Å². The van der Waals surface area contributed by atoms with Gasteiger partial charge in [-0.2, -0.15) is 0 Å². The van der Waals surface area contributed by atoms with Crippen LogP contribution in [-0.2, 0) is 9.59 Å². The minimum atomic E-state index is -0.772. The summed E-state index contributed by atoms with van der Waals surface area (Å²) in [6.45, 7) is 6.86. The van der Waals surface area contributed by atoms with Crippen molar-refractivity contribution in [3.05, 3.63) is 29.3 Å². The third-order valence-electron chi connectivity index (χ3n) is 4.42. The lowest BCUT2D eigenvalue weighted by molar-refractivity contribution is -0.148. The number of benzene rings is 1. The zero-order valence-electron chi connectivity index (χ0n) is 13.3. The van der Waals surface area contributed by atoms with E-state index in [1.807, 2.05) is 39.0 Å². The Bertz CT molecular complexity index is 570. The lowest BCUT2D eigenvalue weighted by Gasteiger charge is -2.34. The van der Waals surface area contributed by atoms with Crippen LogP contribution in [0.1, 0.15) is 24.5 Å². The van der Waals surface area contributed by atoms with Gasteiger partial charge in [0.15, 0.2) is 6.61 Å². The third-order valence-corrected chi connectivity index (χ3v) is 4.42. The normalized spacial score (nSPS) is 21.5. The van der Waals surface area contributed by atoms with Crippen LogP contribution in [0.25, 0.3) is 0 Å². The van der Waals surface area contributed by atoms with Gasteiger partial charge >= 0.3 is 5.97 Å². The molecule has 0 radical (unpaired) electrons. The Morgan fingerprint density at radius 3 is 2.64 bits per heavy atom. The average molecular weight is 305 g/mol. The Hall–Kier alpha value is -2.04. The summed E-state index contributed by atoms with van der Waals surface area (Å²) < 4.78 is 5.56. The van der Waals surface area contributed by atoms with E-state index in [0.29, 0.717) is 25.3 Å². The second-order valence-electron chi connectivity index (χ2n) is 6.09. The Morgan fingerprint density at radius 2 is 2.05 bits per heavy atom. The van der Waals surface area contributed by atoms with Crippen molar-refractivity contribution in [1.82, 2.24) is 4.90 Å². The molecule has 1 aliphatic rings. The number of hydrogen-bond acceptors (Lipinski definition) is 3. The van der Waals surface area contributed by atoms with E-state index in [4.69, 9.17) is 9.84 Å². The van der Waals surface area contributed by atoms with Crippen LogP contribution in [0.15, 0.2) is 18.2 Å². The molecule has 1 heterocycles. The van der Waals surface area contributed by atoms with Crippen LogP contribution in [0.5, 0.6) is 5.75 Å². The maximum atomic E-state index is 12.2. The van der Waals surface area contributed by atoms with E-state index in [9.17, 15) is 9.59 Å². The lowest BCUT2D eigenvalue weighted by Crippen LogP contribution is -2.46. The molecule has 1 aromatic rings. The van der Waals surface area contributed by atoms with Crippen LogP contribution in [0.2, 0.25) is 0 Å². The summed E-state index contributed by atoms with van der Waals surface area (Å²) in [6.07, 6.45) is 0.506. The molecule has 5 heteroatoms. The van der Waals surface area contributed by atoms with Crippen molar-refractivity contribution in [1.29, 1.82) is 0 Å². The van der Waals surface area contributed by atoms with Crippen LogP contribution in [0.3, 0.4) is 0 Å². The van der Waals surface area contributed by atoms with Crippen molar-refractivity contribution in [2.75, 3.05) is 19.7 Å². The number of likely N-dealkylation sites (tertiary alicyclic amines) is 1. The van der Waals surface area contributed by atoms with Crippen molar-refractivity contribution in [3.63, 3.8) is 0 Å². The zero-order valence-corrected chi connectivity index (χ0v) is 13.3. The van der Waals surface area contributed by atoms with Gasteiger partial charge in [-0.1, -0.05) is 13.0 Å². The summed E-state index contributed by atoms with van der Waals surface area (Å²) in [6, 6.07) is 5.74. The quantitative estimate of drug-likeness (QED) is 0.926. The number of hydrogen-bond donors (Lipinski definition) is 1. The minimum absolute atomic E-state index is 0.00699. The summed E-state index contributed by atoms with van der Waals surface area (Å²) >= 11 is 0. The van der Waals surface area contributed by atoms with Gasteiger partial charge < -0.3 is 14.7 Å². The number of carbonyl (C=O) groups excluding carboxylic acids is 1. The molecule has 0 aliphatic carbocycles. The zero-order chi connectivity index (χ0) is 16.3. The molecule has 0 aromatic heterocycles. The number of aliphatic carboxylic acids is 1. The third kappa shape index (κ3) is 3.78. The largest absolute Gasteiger partial charge is 0.484 e. The average Bonchev–Trinajstić information content (AvgIpc) is 2.47. The highest BCUT2D eigenvalue weighted by atomic mass is 16.5. The van der Waals surface area contributed by atoms with E-state index < -0.39 is 5.97 Å². The molecule has 1 aliphatic heterocycles. The van der Waals surface area contributed by atoms with Crippen molar-refractivity contribution in [2.24, 2.45) is 11.8 Å². The first-order chi connectivity index (χ1) is 10.4. The maximum Gasteiger partial charge on any atom is 0.306 e. The maximum absolute atomic E-state index is 12.2. The minimum Gasteiger partial charge on any atom is -0.484 e. The first-order valence-electron chi connectivity index (χ1n) is 7.59. The van der Waals surface area contributed by atoms with E-state index in [1.165, 1.54) is 5.56 Å². The molecule has 2 rings (SSSR count). The molecule has 1 N–H and O–H groups in total. The topological polar surface area (TPSA) is 66.8 Å². The first kappa shape index (κ1) is 16.3. The van der Waals surface area contributed by atoms with Gasteiger partial charge in [0.25, 0.3) is 5.91 Å². The molecule has 1 aromatic carbocycles. The highest BCUT2D eigenvalue weighted by Crippen LogP contribution is 2.24. The molecular formula is C17H23NO4. The van der Waals surface area contributed by atoms with Gasteiger partial charge in [0, 0.05) is 13.1 Å². The molecule has 0 saturated carbocycles. The van der Waals surface area contributed by atoms with Gasteiger partial charge in [0.05, 0.1) is 5.92 Å². The second-order valence-corrected chi connectivity index (χ2v) is 6.09.